The number of aromatic nitrogens is 3. The standard InChI is InChI=1S/C17H15ClN4/c1-11-10-20-17(21-14-6-3-5-13(18)9-14)22-16(11)15-7-4-8-19-12(15)2/h3-10H,1-2H3,(H,20,21,22). The molecule has 0 radical (unpaired) electrons. The fourth-order valence-electron chi connectivity index (χ4n) is 2.20. The maximum atomic E-state index is 6.00. The predicted octanol–water partition coefficient (Wildman–Crippen LogP) is 4.55. The highest BCUT2D eigenvalue weighted by molar-refractivity contribution is 6.30. The molecule has 4 nitrogen and oxygen atoms in total. The fourth-order valence-corrected chi connectivity index (χ4v) is 2.40. The first-order valence-corrected chi connectivity index (χ1v) is 7.29. The van der Waals surface area contributed by atoms with Gasteiger partial charge in [0.05, 0.1) is 5.69 Å². The first-order valence-electron chi connectivity index (χ1n) is 6.92. The van der Waals surface area contributed by atoms with Crippen LogP contribution >= 0.6 is 11.6 Å². The minimum absolute atomic E-state index is 0.533. The van der Waals surface area contributed by atoms with Gasteiger partial charge in [-0.05, 0) is 49.7 Å². The summed E-state index contributed by atoms with van der Waals surface area (Å²) in [5, 5.41) is 3.84. The van der Waals surface area contributed by atoms with Crippen LogP contribution in [0.5, 0.6) is 0 Å². The smallest absolute Gasteiger partial charge is 0.227 e. The third-order valence-corrected chi connectivity index (χ3v) is 3.55. The van der Waals surface area contributed by atoms with E-state index >= 15 is 0 Å². The van der Waals surface area contributed by atoms with Gasteiger partial charge in [-0.25, -0.2) is 9.97 Å². The van der Waals surface area contributed by atoms with Gasteiger partial charge in [-0.15, -0.1) is 0 Å². The van der Waals surface area contributed by atoms with Crippen molar-refractivity contribution in [2.45, 2.75) is 13.8 Å². The quantitative estimate of drug-likeness (QED) is 0.771. The Labute approximate surface area is 134 Å². The first kappa shape index (κ1) is 14.5. The lowest BCUT2D eigenvalue weighted by Crippen LogP contribution is -2.01. The van der Waals surface area contributed by atoms with Crippen LogP contribution in [-0.2, 0) is 0 Å². The van der Waals surface area contributed by atoms with Gasteiger partial charge >= 0.3 is 0 Å². The van der Waals surface area contributed by atoms with Crippen molar-refractivity contribution in [2.24, 2.45) is 0 Å². The Morgan fingerprint density at radius 1 is 1.05 bits per heavy atom. The van der Waals surface area contributed by atoms with Crippen molar-refractivity contribution in [3.05, 3.63) is 65.1 Å². The van der Waals surface area contributed by atoms with Gasteiger partial charge in [0.1, 0.15) is 0 Å². The highest BCUT2D eigenvalue weighted by Crippen LogP contribution is 2.25. The molecule has 1 aromatic carbocycles. The molecule has 0 fully saturated rings. The second-order valence-electron chi connectivity index (χ2n) is 5.00. The maximum Gasteiger partial charge on any atom is 0.227 e. The number of hydrogen-bond acceptors (Lipinski definition) is 4. The molecule has 0 aliphatic heterocycles. The summed E-state index contributed by atoms with van der Waals surface area (Å²) >= 11 is 6.00. The largest absolute Gasteiger partial charge is 0.324 e. The minimum atomic E-state index is 0.533. The lowest BCUT2D eigenvalue weighted by Gasteiger charge is -2.10. The van der Waals surface area contributed by atoms with Gasteiger partial charge in [-0.2, -0.15) is 0 Å². The van der Waals surface area contributed by atoms with Crippen LogP contribution in [0.15, 0.2) is 48.8 Å². The zero-order chi connectivity index (χ0) is 15.5. The predicted molar refractivity (Wildman–Crippen MR) is 89.5 cm³/mol. The van der Waals surface area contributed by atoms with Crippen LogP contribution in [0.25, 0.3) is 11.3 Å². The number of pyridine rings is 1. The normalized spacial score (nSPS) is 10.5. The van der Waals surface area contributed by atoms with Crippen molar-refractivity contribution < 1.29 is 0 Å². The average Bonchev–Trinajstić information content (AvgIpc) is 2.50. The van der Waals surface area contributed by atoms with Crippen molar-refractivity contribution in [3.8, 4) is 11.3 Å². The van der Waals surface area contributed by atoms with Crippen LogP contribution in [0, 0.1) is 13.8 Å². The Kier molecular flexibility index (Phi) is 4.02. The molecule has 0 amide bonds. The third-order valence-electron chi connectivity index (χ3n) is 3.31. The van der Waals surface area contributed by atoms with Crippen molar-refractivity contribution in [1.82, 2.24) is 15.0 Å². The van der Waals surface area contributed by atoms with Gasteiger partial charge < -0.3 is 5.32 Å². The Morgan fingerprint density at radius 3 is 2.68 bits per heavy atom. The molecule has 0 bridgehead atoms. The molecule has 2 heterocycles. The zero-order valence-corrected chi connectivity index (χ0v) is 13.1. The van der Waals surface area contributed by atoms with E-state index in [0.717, 1.165) is 28.2 Å². The number of rotatable bonds is 3. The second-order valence-corrected chi connectivity index (χ2v) is 5.43. The molecule has 0 atom stereocenters. The van der Waals surface area contributed by atoms with E-state index in [0.29, 0.717) is 11.0 Å². The number of nitrogens with zero attached hydrogens (tertiary/aromatic N) is 3. The SMILES string of the molecule is Cc1cnc(Nc2cccc(Cl)c2)nc1-c1cccnc1C. The lowest BCUT2D eigenvalue weighted by molar-refractivity contribution is 1.12. The molecule has 0 saturated heterocycles. The van der Waals surface area contributed by atoms with E-state index in [2.05, 4.69) is 20.3 Å². The molecule has 3 aromatic rings. The molecule has 0 spiro atoms. The van der Waals surface area contributed by atoms with E-state index in [1.54, 1.807) is 6.20 Å². The van der Waals surface area contributed by atoms with Crippen molar-refractivity contribution in [3.63, 3.8) is 0 Å². The Bertz CT molecular complexity index is 817. The van der Waals surface area contributed by atoms with Gasteiger partial charge in [-0.3, -0.25) is 4.98 Å². The Hall–Kier alpha value is -2.46. The molecular weight excluding hydrogens is 296 g/mol. The summed E-state index contributed by atoms with van der Waals surface area (Å²) in [6.07, 6.45) is 3.59. The summed E-state index contributed by atoms with van der Waals surface area (Å²) in [7, 11) is 0. The number of benzene rings is 1. The summed E-state index contributed by atoms with van der Waals surface area (Å²) in [6, 6.07) is 11.4. The Morgan fingerprint density at radius 2 is 1.91 bits per heavy atom. The van der Waals surface area contributed by atoms with E-state index in [-0.39, 0.29) is 0 Å². The molecule has 1 N–H and O–H groups in total. The van der Waals surface area contributed by atoms with E-state index in [4.69, 9.17) is 11.6 Å². The van der Waals surface area contributed by atoms with Crippen LogP contribution in [0.3, 0.4) is 0 Å². The number of anilines is 2. The molecule has 3 rings (SSSR count). The summed E-state index contributed by atoms with van der Waals surface area (Å²) < 4.78 is 0. The molecule has 22 heavy (non-hydrogen) atoms. The first-order chi connectivity index (χ1) is 10.6. The molecule has 5 heteroatoms. The highest BCUT2D eigenvalue weighted by Gasteiger charge is 2.09. The topological polar surface area (TPSA) is 50.7 Å². The molecule has 110 valence electrons. The third kappa shape index (κ3) is 3.07. The van der Waals surface area contributed by atoms with E-state index in [1.165, 1.54) is 0 Å². The monoisotopic (exact) mass is 310 g/mol. The minimum Gasteiger partial charge on any atom is -0.324 e. The summed E-state index contributed by atoms with van der Waals surface area (Å²) in [5.41, 5.74) is 4.69. The average molecular weight is 311 g/mol. The molecule has 0 saturated carbocycles. The van der Waals surface area contributed by atoms with Crippen LogP contribution in [0.2, 0.25) is 5.02 Å². The van der Waals surface area contributed by atoms with Gasteiger partial charge in [-0.1, -0.05) is 17.7 Å². The molecule has 0 aliphatic rings. The van der Waals surface area contributed by atoms with Crippen LogP contribution in [0.1, 0.15) is 11.3 Å². The van der Waals surface area contributed by atoms with Gasteiger partial charge in [0.25, 0.3) is 0 Å². The van der Waals surface area contributed by atoms with E-state index in [9.17, 15) is 0 Å². The van der Waals surface area contributed by atoms with Gasteiger partial charge in [0.2, 0.25) is 5.95 Å². The van der Waals surface area contributed by atoms with Crippen LogP contribution in [-0.4, -0.2) is 15.0 Å². The van der Waals surface area contributed by atoms with Crippen LogP contribution < -0.4 is 5.32 Å². The molecule has 0 aliphatic carbocycles. The highest BCUT2D eigenvalue weighted by atomic mass is 35.5. The summed E-state index contributed by atoms with van der Waals surface area (Å²) in [4.78, 5) is 13.3. The van der Waals surface area contributed by atoms with Crippen molar-refractivity contribution in [2.75, 3.05) is 5.32 Å². The number of hydrogen-bond donors (Lipinski definition) is 1. The van der Waals surface area contributed by atoms with Gasteiger partial charge in [0, 0.05) is 34.4 Å². The Balaban J connectivity index is 1.98. The number of aryl methyl sites for hydroxylation is 2. The van der Waals surface area contributed by atoms with Crippen molar-refractivity contribution >= 4 is 23.2 Å². The van der Waals surface area contributed by atoms with Crippen LogP contribution in [0.4, 0.5) is 11.6 Å². The lowest BCUT2D eigenvalue weighted by atomic mass is 10.1. The summed E-state index contributed by atoms with van der Waals surface area (Å²) in [6.45, 7) is 3.96. The maximum absolute atomic E-state index is 6.00. The van der Waals surface area contributed by atoms with Gasteiger partial charge in [0.15, 0.2) is 0 Å². The fraction of sp³-hybridized carbons (Fsp3) is 0.118. The molecular formula is C17H15ClN4. The van der Waals surface area contributed by atoms with E-state index < -0.39 is 0 Å². The van der Waals surface area contributed by atoms with Crippen molar-refractivity contribution in [1.29, 1.82) is 0 Å². The molecule has 0 unspecified atom stereocenters. The number of nitrogens with one attached hydrogen (secondary N) is 1. The second kappa shape index (κ2) is 6.12. The zero-order valence-electron chi connectivity index (χ0n) is 12.3. The number of halogens is 1. The molecule has 2 aromatic heterocycles. The van der Waals surface area contributed by atoms with E-state index in [1.807, 2.05) is 56.4 Å². The summed E-state index contributed by atoms with van der Waals surface area (Å²) in [5.74, 6) is 0.533.